The van der Waals surface area contributed by atoms with Crippen LogP contribution in [0.1, 0.15) is 27.1 Å². The van der Waals surface area contributed by atoms with Crippen LogP contribution in [0.15, 0.2) is 73.6 Å². The number of halogens is 2. The van der Waals surface area contributed by atoms with Crippen molar-refractivity contribution in [3.8, 4) is 0 Å². The number of anilines is 3. The Hall–Kier alpha value is -3.95. The number of aryl methyl sites for hydroxylation is 1. The predicted octanol–water partition coefficient (Wildman–Crippen LogP) is 4.80. The van der Waals surface area contributed by atoms with Gasteiger partial charge in [0.05, 0.1) is 27.5 Å². The highest BCUT2D eigenvalue weighted by Crippen LogP contribution is 2.26. The first-order valence-corrected chi connectivity index (χ1v) is 11.4. The molecule has 0 unspecified atom stereocenters. The van der Waals surface area contributed by atoms with E-state index in [4.69, 9.17) is 23.2 Å². The minimum Gasteiger partial charge on any atom is -0.352 e. The summed E-state index contributed by atoms with van der Waals surface area (Å²) >= 11 is 12.2. The Kier molecular flexibility index (Phi) is 7.92. The first-order valence-electron chi connectivity index (χ1n) is 10.7. The van der Waals surface area contributed by atoms with Crippen molar-refractivity contribution >= 4 is 52.3 Å². The van der Waals surface area contributed by atoms with Gasteiger partial charge in [0, 0.05) is 49.6 Å². The zero-order chi connectivity index (χ0) is 24.6. The van der Waals surface area contributed by atoms with Crippen LogP contribution in [-0.4, -0.2) is 37.9 Å². The van der Waals surface area contributed by atoms with Crippen molar-refractivity contribution in [1.82, 2.24) is 24.8 Å². The summed E-state index contributed by atoms with van der Waals surface area (Å²) in [6.45, 7) is 1.32. The van der Waals surface area contributed by atoms with Gasteiger partial charge in [0.1, 0.15) is 11.6 Å². The summed E-state index contributed by atoms with van der Waals surface area (Å²) in [5.74, 6) is 0.316. The second-order valence-electron chi connectivity index (χ2n) is 7.45. The maximum atomic E-state index is 12.6. The number of imidazole rings is 1. The van der Waals surface area contributed by atoms with Crippen LogP contribution in [0.25, 0.3) is 0 Å². The minimum absolute atomic E-state index is 0.194. The number of hydrogen-bond donors (Lipinski definition) is 3. The number of carbonyl (C=O) groups is 2. The largest absolute Gasteiger partial charge is 0.352 e. The Morgan fingerprint density at radius 1 is 0.943 bits per heavy atom. The molecular weight excluding hydrogens is 489 g/mol. The number of rotatable bonds is 9. The maximum Gasteiger partial charge on any atom is 0.258 e. The molecule has 0 atom stereocenters. The Bertz CT molecular complexity index is 1290. The molecule has 11 heteroatoms. The molecule has 4 aromatic rings. The van der Waals surface area contributed by atoms with Gasteiger partial charge in [0.2, 0.25) is 0 Å². The van der Waals surface area contributed by atoms with Gasteiger partial charge in [-0.05, 0) is 36.8 Å². The molecular formula is C24H21Cl2N7O2. The van der Waals surface area contributed by atoms with Crippen LogP contribution in [0.2, 0.25) is 10.0 Å². The SMILES string of the molecule is O=C(NCCCn1ccnc1)c1ccc(Nc2cc(NC(=O)c3c(Cl)cccc3Cl)ccn2)nc1. The molecule has 0 aliphatic carbocycles. The number of amides is 2. The number of nitrogens with one attached hydrogen (secondary N) is 3. The van der Waals surface area contributed by atoms with E-state index in [2.05, 4.69) is 30.9 Å². The first-order chi connectivity index (χ1) is 17.0. The number of hydrogen-bond acceptors (Lipinski definition) is 6. The van der Waals surface area contributed by atoms with Crippen molar-refractivity contribution in [3.05, 3.63) is 94.8 Å². The molecule has 0 aliphatic rings. The van der Waals surface area contributed by atoms with Crippen molar-refractivity contribution < 1.29 is 9.59 Å². The average molecular weight is 510 g/mol. The third kappa shape index (κ3) is 6.56. The highest BCUT2D eigenvalue weighted by Gasteiger charge is 2.15. The van der Waals surface area contributed by atoms with Gasteiger partial charge in [0.25, 0.3) is 11.8 Å². The van der Waals surface area contributed by atoms with E-state index in [1.807, 2.05) is 10.8 Å². The summed E-state index contributed by atoms with van der Waals surface area (Å²) in [7, 11) is 0. The first kappa shape index (κ1) is 24.2. The van der Waals surface area contributed by atoms with Crippen molar-refractivity contribution in [3.63, 3.8) is 0 Å². The lowest BCUT2D eigenvalue weighted by molar-refractivity contribution is 0.0951. The highest BCUT2D eigenvalue weighted by atomic mass is 35.5. The minimum atomic E-state index is -0.434. The van der Waals surface area contributed by atoms with Crippen molar-refractivity contribution in [2.45, 2.75) is 13.0 Å². The third-order valence-corrected chi connectivity index (χ3v) is 5.56. The van der Waals surface area contributed by atoms with Gasteiger partial charge < -0.3 is 20.5 Å². The van der Waals surface area contributed by atoms with E-state index in [-0.39, 0.29) is 21.5 Å². The van der Waals surface area contributed by atoms with Gasteiger partial charge in [-0.25, -0.2) is 15.0 Å². The van der Waals surface area contributed by atoms with E-state index >= 15 is 0 Å². The van der Waals surface area contributed by atoms with E-state index in [0.29, 0.717) is 29.4 Å². The number of nitrogens with zero attached hydrogens (tertiary/aromatic N) is 4. The average Bonchev–Trinajstić information content (AvgIpc) is 3.36. The molecule has 3 aromatic heterocycles. The van der Waals surface area contributed by atoms with Gasteiger partial charge in [-0.2, -0.15) is 0 Å². The van der Waals surface area contributed by atoms with Gasteiger partial charge in [0.15, 0.2) is 0 Å². The predicted molar refractivity (Wildman–Crippen MR) is 135 cm³/mol. The van der Waals surface area contributed by atoms with Crippen LogP contribution in [0, 0.1) is 0 Å². The Morgan fingerprint density at radius 2 is 1.77 bits per heavy atom. The molecule has 0 radical (unpaired) electrons. The second-order valence-corrected chi connectivity index (χ2v) is 8.26. The Balaban J connectivity index is 1.32. The van der Waals surface area contributed by atoms with Crippen LogP contribution in [0.5, 0.6) is 0 Å². The monoisotopic (exact) mass is 509 g/mol. The molecule has 3 N–H and O–H groups in total. The van der Waals surface area contributed by atoms with Gasteiger partial charge in [-0.1, -0.05) is 29.3 Å². The van der Waals surface area contributed by atoms with Crippen LogP contribution < -0.4 is 16.0 Å². The lowest BCUT2D eigenvalue weighted by Gasteiger charge is -2.10. The topological polar surface area (TPSA) is 114 Å². The van der Waals surface area contributed by atoms with E-state index in [0.717, 1.165) is 13.0 Å². The molecule has 1 aromatic carbocycles. The molecule has 0 fully saturated rings. The molecule has 0 saturated carbocycles. The van der Waals surface area contributed by atoms with E-state index in [9.17, 15) is 9.59 Å². The molecule has 3 heterocycles. The number of carbonyl (C=O) groups excluding carboxylic acids is 2. The molecule has 0 bridgehead atoms. The molecule has 0 saturated heterocycles. The summed E-state index contributed by atoms with van der Waals surface area (Å²) in [5, 5.41) is 9.19. The maximum absolute atomic E-state index is 12.6. The normalized spacial score (nSPS) is 10.6. The lowest BCUT2D eigenvalue weighted by atomic mass is 10.2. The zero-order valence-corrected chi connectivity index (χ0v) is 19.9. The Labute approximate surface area is 211 Å². The summed E-state index contributed by atoms with van der Waals surface area (Å²) in [4.78, 5) is 37.4. The summed E-state index contributed by atoms with van der Waals surface area (Å²) in [6.07, 6.45) is 9.15. The number of benzene rings is 1. The third-order valence-electron chi connectivity index (χ3n) is 4.93. The molecule has 2 amide bonds. The smallest absolute Gasteiger partial charge is 0.258 e. The van der Waals surface area contributed by atoms with Crippen LogP contribution in [0.4, 0.5) is 17.3 Å². The second kappa shape index (κ2) is 11.5. The van der Waals surface area contributed by atoms with Crippen LogP contribution in [-0.2, 0) is 6.54 Å². The molecule has 9 nitrogen and oxygen atoms in total. The Morgan fingerprint density at radius 3 is 2.49 bits per heavy atom. The summed E-state index contributed by atoms with van der Waals surface area (Å²) < 4.78 is 1.95. The highest BCUT2D eigenvalue weighted by molar-refractivity contribution is 6.40. The quantitative estimate of drug-likeness (QED) is 0.279. The van der Waals surface area contributed by atoms with E-state index in [1.54, 1.807) is 55.0 Å². The van der Waals surface area contributed by atoms with Crippen LogP contribution >= 0.6 is 23.2 Å². The van der Waals surface area contributed by atoms with Gasteiger partial charge >= 0.3 is 0 Å². The fraction of sp³-hybridized carbons (Fsp3) is 0.125. The fourth-order valence-electron chi connectivity index (χ4n) is 3.20. The lowest BCUT2D eigenvalue weighted by Crippen LogP contribution is -2.25. The van der Waals surface area contributed by atoms with Crippen molar-refractivity contribution in [1.29, 1.82) is 0 Å². The summed E-state index contributed by atoms with van der Waals surface area (Å²) in [5.41, 5.74) is 1.14. The molecule has 0 spiro atoms. The standard InChI is InChI=1S/C24H21Cl2N7O2/c25-18-3-1-4-19(26)22(18)24(35)31-17-7-9-28-21(13-17)32-20-6-5-16(14-30-20)23(34)29-8-2-11-33-12-10-27-15-33/h1,3-7,9-10,12-15H,2,8,11H2,(H,29,34)(H2,28,30,31,32,35). The van der Waals surface area contributed by atoms with Crippen LogP contribution in [0.3, 0.4) is 0 Å². The molecule has 35 heavy (non-hydrogen) atoms. The van der Waals surface area contributed by atoms with E-state index < -0.39 is 5.91 Å². The fourth-order valence-corrected chi connectivity index (χ4v) is 3.77. The molecule has 4 rings (SSSR count). The van der Waals surface area contributed by atoms with Gasteiger partial charge in [-0.15, -0.1) is 0 Å². The van der Waals surface area contributed by atoms with Crippen molar-refractivity contribution in [2.24, 2.45) is 0 Å². The molecule has 0 aliphatic heterocycles. The van der Waals surface area contributed by atoms with Gasteiger partial charge in [-0.3, -0.25) is 9.59 Å². The number of pyridine rings is 2. The van der Waals surface area contributed by atoms with Crippen molar-refractivity contribution in [2.75, 3.05) is 17.2 Å². The number of aromatic nitrogens is 4. The van der Waals surface area contributed by atoms with E-state index in [1.165, 1.54) is 12.4 Å². The zero-order valence-electron chi connectivity index (χ0n) is 18.4. The summed E-state index contributed by atoms with van der Waals surface area (Å²) in [6, 6.07) is 11.5. The molecule has 178 valence electrons.